The van der Waals surface area contributed by atoms with Gasteiger partial charge in [0, 0.05) is 31.4 Å². The quantitative estimate of drug-likeness (QED) is 0.213. The molecule has 0 fully saturated rings. The predicted octanol–water partition coefficient (Wildman–Crippen LogP) is 0.833. The fraction of sp³-hybridized carbons (Fsp3) is 0.115. The minimum Gasteiger partial charge on any atom is -0.480 e. The summed E-state index contributed by atoms with van der Waals surface area (Å²) in [6.07, 6.45) is 5.68. The Kier molecular flexibility index (Phi) is 7.56. The van der Waals surface area contributed by atoms with Crippen molar-refractivity contribution in [1.82, 2.24) is 29.4 Å². The third-order valence-electron chi connectivity index (χ3n) is 6.23. The van der Waals surface area contributed by atoms with Gasteiger partial charge in [-0.05, 0) is 30.3 Å². The number of pyridine rings is 3. The third kappa shape index (κ3) is 5.73. The van der Waals surface area contributed by atoms with Gasteiger partial charge in [0.15, 0.2) is 11.5 Å². The summed E-state index contributed by atoms with van der Waals surface area (Å²) in [4.78, 5) is 62.1. The molecule has 5 aromatic rings. The number of anilines is 1. The Morgan fingerprint density at radius 1 is 1.12 bits per heavy atom. The summed E-state index contributed by atoms with van der Waals surface area (Å²) in [7, 11) is -2.69. The Hall–Kier alpha value is -5.71. The van der Waals surface area contributed by atoms with Gasteiger partial charge in [-0.2, -0.15) is 8.42 Å². The fourth-order valence-electron chi connectivity index (χ4n) is 4.11. The highest BCUT2D eigenvalue weighted by Crippen LogP contribution is 2.18. The number of halogens is 1. The lowest BCUT2D eigenvalue weighted by Crippen LogP contribution is -2.43. The van der Waals surface area contributed by atoms with E-state index in [0.29, 0.717) is 11.6 Å². The number of nitrogens with zero attached hydrogens (tertiary/aromatic N) is 5. The van der Waals surface area contributed by atoms with Crippen LogP contribution in [0.5, 0.6) is 0 Å². The number of aryl methyl sites for hydroxylation is 1. The van der Waals surface area contributed by atoms with E-state index in [1.54, 1.807) is 0 Å². The summed E-state index contributed by atoms with van der Waals surface area (Å²) in [5, 5.41) is 11.6. The Labute approximate surface area is 240 Å². The van der Waals surface area contributed by atoms with E-state index in [-0.39, 0.29) is 28.9 Å². The van der Waals surface area contributed by atoms with Gasteiger partial charge in [0.2, 0.25) is 5.09 Å². The molecule has 43 heavy (non-hydrogen) atoms. The summed E-state index contributed by atoms with van der Waals surface area (Å²) >= 11 is 0. The lowest BCUT2D eigenvalue weighted by Gasteiger charge is -2.15. The zero-order valence-electron chi connectivity index (χ0n) is 22.0. The van der Waals surface area contributed by atoms with Crippen molar-refractivity contribution in [3.8, 4) is 5.69 Å². The lowest BCUT2D eigenvalue weighted by atomic mass is 10.1. The standard InChI is InChI=1S/C26H20FN7O8S/c1-33-20-13-28-7-6-17(20)24(36)34(26(33)39)16-5-4-14(29-12-16)10-19(25(37)38)31-23(35)22-18(27)9-15(11-30-22)32-43(40,41)21-3-2-8-42-21/h2-9,11-13,19,32H,10H2,1H3,(H,31,35)(H,37,38)/t19-/m0/s1. The van der Waals surface area contributed by atoms with Gasteiger partial charge in [-0.15, -0.1) is 0 Å². The van der Waals surface area contributed by atoms with Crippen LogP contribution in [0.1, 0.15) is 16.2 Å². The average molecular weight is 610 g/mol. The number of carboxylic acid groups (broad SMARTS) is 1. The molecule has 15 nitrogen and oxygen atoms in total. The van der Waals surface area contributed by atoms with E-state index >= 15 is 0 Å². The van der Waals surface area contributed by atoms with Crippen LogP contribution >= 0.6 is 0 Å². The molecule has 17 heteroatoms. The molecule has 0 radical (unpaired) electrons. The molecule has 0 unspecified atom stereocenters. The average Bonchev–Trinajstić information content (AvgIpc) is 3.53. The van der Waals surface area contributed by atoms with Gasteiger partial charge in [0.25, 0.3) is 21.5 Å². The summed E-state index contributed by atoms with van der Waals surface area (Å²) < 4.78 is 48.2. The number of carboxylic acids is 1. The van der Waals surface area contributed by atoms with Crippen LogP contribution in [-0.2, 0) is 28.3 Å². The maximum atomic E-state index is 14.7. The second kappa shape index (κ2) is 11.3. The zero-order valence-corrected chi connectivity index (χ0v) is 22.8. The zero-order chi connectivity index (χ0) is 30.9. The summed E-state index contributed by atoms with van der Waals surface area (Å²) in [5.74, 6) is -3.86. The van der Waals surface area contributed by atoms with E-state index in [2.05, 4.69) is 25.0 Å². The molecule has 0 spiro atoms. The summed E-state index contributed by atoms with van der Waals surface area (Å²) in [6.45, 7) is 0. The van der Waals surface area contributed by atoms with E-state index in [9.17, 15) is 37.1 Å². The van der Waals surface area contributed by atoms with Gasteiger partial charge in [0.05, 0.1) is 47.1 Å². The number of hydrogen-bond donors (Lipinski definition) is 3. The SMILES string of the molecule is Cn1c(=O)n(-c2ccc(C[C@H](NC(=O)c3ncc(NS(=O)(=O)c4ccco4)cc3F)C(=O)O)nc2)c(=O)c2ccncc21. The molecule has 0 aliphatic heterocycles. The van der Waals surface area contributed by atoms with Crippen molar-refractivity contribution >= 4 is 38.5 Å². The fourth-order valence-corrected chi connectivity index (χ4v) is 5.07. The van der Waals surface area contributed by atoms with Crippen molar-refractivity contribution in [2.24, 2.45) is 7.05 Å². The van der Waals surface area contributed by atoms with Crippen molar-refractivity contribution in [2.45, 2.75) is 17.6 Å². The van der Waals surface area contributed by atoms with Crippen molar-refractivity contribution in [2.75, 3.05) is 4.72 Å². The van der Waals surface area contributed by atoms with Crippen LogP contribution in [0, 0.1) is 5.82 Å². The van der Waals surface area contributed by atoms with Crippen LogP contribution in [0.2, 0.25) is 0 Å². The van der Waals surface area contributed by atoms with Crippen LogP contribution in [0.3, 0.4) is 0 Å². The second-order valence-electron chi connectivity index (χ2n) is 9.04. The first-order valence-corrected chi connectivity index (χ1v) is 13.7. The minimum atomic E-state index is -4.17. The topological polar surface area (TPSA) is 208 Å². The molecular weight excluding hydrogens is 589 g/mol. The molecule has 5 aromatic heterocycles. The van der Waals surface area contributed by atoms with Crippen molar-refractivity contribution in [3.63, 3.8) is 0 Å². The van der Waals surface area contributed by atoms with Crippen LogP contribution in [-0.4, -0.2) is 55.5 Å². The first-order chi connectivity index (χ1) is 20.5. The summed E-state index contributed by atoms with van der Waals surface area (Å²) in [5.41, 5.74) is -1.70. The maximum absolute atomic E-state index is 14.7. The summed E-state index contributed by atoms with van der Waals surface area (Å²) in [6, 6.07) is 5.88. The molecule has 220 valence electrons. The van der Waals surface area contributed by atoms with Crippen molar-refractivity contribution in [1.29, 1.82) is 0 Å². The number of aliphatic carboxylic acids is 1. The lowest BCUT2D eigenvalue weighted by molar-refractivity contribution is -0.139. The number of aromatic nitrogens is 5. The predicted molar refractivity (Wildman–Crippen MR) is 147 cm³/mol. The van der Waals surface area contributed by atoms with Crippen LogP contribution in [0.25, 0.3) is 16.6 Å². The molecule has 0 bridgehead atoms. The largest absolute Gasteiger partial charge is 0.480 e. The normalized spacial score (nSPS) is 12.1. The second-order valence-corrected chi connectivity index (χ2v) is 10.7. The number of carbonyl (C=O) groups is 2. The Balaban J connectivity index is 1.32. The molecule has 1 amide bonds. The van der Waals surface area contributed by atoms with Crippen molar-refractivity contribution < 1.29 is 31.9 Å². The van der Waals surface area contributed by atoms with E-state index in [4.69, 9.17) is 4.42 Å². The third-order valence-corrected chi connectivity index (χ3v) is 7.49. The molecule has 0 aliphatic carbocycles. The van der Waals surface area contributed by atoms with Gasteiger partial charge < -0.3 is 14.8 Å². The minimum absolute atomic E-state index is 0.123. The highest BCUT2D eigenvalue weighted by Gasteiger charge is 2.25. The number of fused-ring (bicyclic) bond motifs is 1. The van der Waals surface area contributed by atoms with E-state index in [1.165, 1.54) is 60.5 Å². The number of carbonyl (C=O) groups excluding carboxylic acids is 1. The number of furan rings is 1. The van der Waals surface area contributed by atoms with Crippen LogP contribution in [0.4, 0.5) is 10.1 Å². The maximum Gasteiger partial charge on any atom is 0.335 e. The van der Waals surface area contributed by atoms with E-state index in [0.717, 1.165) is 17.0 Å². The molecule has 3 N–H and O–H groups in total. The first-order valence-electron chi connectivity index (χ1n) is 12.2. The number of hydrogen-bond acceptors (Lipinski definition) is 10. The number of amides is 1. The molecule has 0 saturated heterocycles. The molecular formula is C26H20FN7O8S. The van der Waals surface area contributed by atoms with Gasteiger partial charge in [-0.25, -0.2) is 23.5 Å². The molecule has 1 atom stereocenters. The number of rotatable bonds is 9. The van der Waals surface area contributed by atoms with Gasteiger partial charge >= 0.3 is 11.7 Å². The van der Waals surface area contributed by atoms with Gasteiger partial charge in [0.1, 0.15) is 6.04 Å². The van der Waals surface area contributed by atoms with Crippen LogP contribution in [0.15, 0.2) is 86.5 Å². The number of nitrogens with one attached hydrogen (secondary N) is 2. The van der Waals surface area contributed by atoms with Crippen LogP contribution < -0.4 is 21.3 Å². The highest BCUT2D eigenvalue weighted by molar-refractivity contribution is 7.92. The number of sulfonamides is 1. The van der Waals surface area contributed by atoms with E-state index < -0.39 is 55.8 Å². The Bertz CT molecular complexity index is 2090. The molecule has 0 saturated carbocycles. The Morgan fingerprint density at radius 3 is 2.56 bits per heavy atom. The van der Waals surface area contributed by atoms with Crippen molar-refractivity contribution in [3.05, 3.63) is 105 Å². The smallest absolute Gasteiger partial charge is 0.335 e. The first kappa shape index (κ1) is 28.8. The molecule has 5 rings (SSSR count). The van der Waals surface area contributed by atoms with E-state index in [1.807, 2.05) is 0 Å². The molecule has 0 aliphatic rings. The molecule has 5 heterocycles. The Morgan fingerprint density at radius 2 is 1.91 bits per heavy atom. The van der Waals surface area contributed by atoms with Gasteiger partial charge in [-0.3, -0.25) is 28.8 Å². The monoisotopic (exact) mass is 609 g/mol. The molecule has 0 aromatic carbocycles. The van der Waals surface area contributed by atoms with Gasteiger partial charge in [-0.1, -0.05) is 0 Å². The highest BCUT2D eigenvalue weighted by atomic mass is 32.2.